The number of aryl methyl sites for hydroxylation is 1. The average molecular weight is 415 g/mol. The van der Waals surface area contributed by atoms with Gasteiger partial charge in [0.1, 0.15) is 0 Å². The van der Waals surface area contributed by atoms with E-state index in [4.69, 9.17) is 0 Å². The summed E-state index contributed by atoms with van der Waals surface area (Å²) in [6.45, 7) is 0. The number of halogens is 2. The lowest BCUT2D eigenvalue weighted by Crippen LogP contribution is -2.30. The minimum Gasteiger partial charge on any atom is -0.345 e. The van der Waals surface area contributed by atoms with Crippen molar-refractivity contribution in [1.29, 1.82) is 0 Å². The first-order chi connectivity index (χ1) is 9.65. The molecule has 0 radical (unpaired) electrons. The van der Waals surface area contributed by atoms with Crippen molar-refractivity contribution in [3.05, 3.63) is 54.6 Å². The highest BCUT2D eigenvalue weighted by molar-refractivity contribution is 9.11. The molecule has 1 aromatic heterocycles. The minimum atomic E-state index is -0.0200. The average Bonchev–Trinajstić information content (AvgIpc) is 2.87. The molecule has 0 aliphatic heterocycles. The summed E-state index contributed by atoms with van der Waals surface area (Å²) in [6.07, 6.45) is 3.30. The van der Waals surface area contributed by atoms with E-state index in [0.717, 1.165) is 28.2 Å². The molecule has 3 rings (SSSR count). The number of thiophene rings is 1. The Labute approximate surface area is 138 Å². The van der Waals surface area contributed by atoms with Gasteiger partial charge < -0.3 is 5.32 Å². The predicted molar refractivity (Wildman–Crippen MR) is 89.3 cm³/mol. The van der Waals surface area contributed by atoms with Gasteiger partial charge in [-0.05, 0) is 70.4 Å². The van der Waals surface area contributed by atoms with Crippen molar-refractivity contribution in [2.75, 3.05) is 0 Å². The Kier molecular flexibility index (Phi) is 4.29. The van der Waals surface area contributed by atoms with Crippen LogP contribution >= 0.6 is 43.2 Å². The lowest BCUT2D eigenvalue weighted by molar-refractivity contribution is 0.0932. The minimum absolute atomic E-state index is 0.0200. The first-order valence-corrected chi connectivity index (χ1v) is 8.94. The molecule has 1 aromatic carbocycles. The molecule has 1 unspecified atom stereocenters. The van der Waals surface area contributed by atoms with Crippen LogP contribution in [-0.4, -0.2) is 5.91 Å². The molecule has 0 bridgehead atoms. The Bertz CT molecular complexity index is 653. The second-order valence-electron chi connectivity index (χ2n) is 4.84. The number of hydrogen-bond acceptors (Lipinski definition) is 2. The van der Waals surface area contributed by atoms with Gasteiger partial charge in [-0.3, -0.25) is 4.79 Å². The van der Waals surface area contributed by atoms with Gasteiger partial charge in [0.25, 0.3) is 5.91 Å². The van der Waals surface area contributed by atoms with Crippen LogP contribution in [0.1, 0.15) is 39.7 Å². The third-order valence-corrected chi connectivity index (χ3v) is 5.68. The Hall–Kier alpha value is -0.650. The largest absolute Gasteiger partial charge is 0.345 e. The van der Waals surface area contributed by atoms with Crippen molar-refractivity contribution in [1.82, 2.24) is 5.32 Å². The van der Waals surface area contributed by atoms with Crippen molar-refractivity contribution in [2.24, 2.45) is 0 Å². The summed E-state index contributed by atoms with van der Waals surface area (Å²) < 4.78 is 1.77. The summed E-state index contributed by atoms with van der Waals surface area (Å²) in [6, 6.07) is 7.90. The SMILES string of the molecule is O=C(NC1CCCc2sccc21)c1ccc(Br)cc1Br. The normalized spacial score (nSPS) is 17.6. The van der Waals surface area contributed by atoms with Crippen molar-refractivity contribution < 1.29 is 4.79 Å². The molecule has 0 fully saturated rings. The molecule has 0 spiro atoms. The number of benzene rings is 1. The van der Waals surface area contributed by atoms with Gasteiger partial charge in [0.15, 0.2) is 0 Å². The number of fused-ring (bicyclic) bond motifs is 1. The van der Waals surface area contributed by atoms with Gasteiger partial charge in [0.05, 0.1) is 11.6 Å². The van der Waals surface area contributed by atoms with Gasteiger partial charge in [0.2, 0.25) is 0 Å². The van der Waals surface area contributed by atoms with E-state index in [2.05, 4.69) is 48.6 Å². The molecule has 1 atom stereocenters. The maximum Gasteiger partial charge on any atom is 0.252 e. The van der Waals surface area contributed by atoms with Crippen LogP contribution < -0.4 is 5.32 Å². The number of hydrogen-bond donors (Lipinski definition) is 1. The van der Waals surface area contributed by atoms with E-state index in [-0.39, 0.29) is 11.9 Å². The number of carbonyl (C=O) groups excluding carboxylic acids is 1. The monoisotopic (exact) mass is 413 g/mol. The van der Waals surface area contributed by atoms with E-state index < -0.39 is 0 Å². The fourth-order valence-corrected chi connectivity index (χ4v) is 4.76. The predicted octanol–water partition coefficient (Wildman–Crippen LogP) is 5.08. The van der Waals surface area contributed by atoms with Gasteiger partial charge >= 0.3 is 0 Å². The lowest BCUT2D eigenvalue weighted by atomic mass is 9.94. The molecular formula is C15H13Br2NOS. The van der Waals surface area contributed by atoms with E-state index >= 15 is 0 Å². The second kappa shape index (κ2) is 6.00. The lowest BCUT2D eigenvalue weighted by Gasteiger charge is -2.24. The van der Waals surface area contributed by atoms with Crippen LogP contribution in [0.4, 0.5) is 0 Å². The summed E-state index contributed by atoms with van der Waals surface area (Å²) >= 11 is 8.64. The molecule has 0 saturated heterocycles. The van der Waals surface area contributed by atoms with Crippen LogP contribution in [0.5, 0.6) is 0 Å². The second-order valence-corrected chi connectivity index (χ2v) is 7.61. The fourth-order valence-electron chi connectivity index (χ4n) is 2.55. The molecule has 1 amide bonds. The number of rotatable bonds is 2. The summed E-state index contributed by atoms with van der Waals surface area (Å²) in [5.74, 6) is -0.0200. The van der Waals surface area contributed by atoms with Crippen molar-refractivity contribution in [3.8, 4) is 0 Å². The summed E-state index contributed by atoms with van der Waals surface area (Å²) in [7, 11) is 0. The zero-order valence-electron chi connectivity index (χ0n) is 10.7. The third kappa shape index (κ3) is 2.85. The topological polar surface area (TPSA) is 29.1 Å². The van der Waals surface area contributed by atoms with E-state index in [1.807, 2.05) is 18.2 Å². The molecular weight excluding hydrogens is 402 g/mol. The highest BCUT2D eigenvalue weighted by atomic mass is 79.9. The fraction of sp³-hybridized carbons (Fsp3) is 0.267. The maximum atomic E-state index is 12.4. The number of amides is 1. The van der Waals surface area contributed by atoms with Gasteiger partial charge in [-0.25, -0.2) is 0 Å². The first kappa shape index (κ1) is 14.3. The van der Waals surface area contributed by atoms with Gasteiger partial charge in [-0.1, -0.05) is 15.9 Å². The zero-order chi connectivity index (χ0) is 14.1. The molecule has 0 saturated carbocycles. The molecule has 2 nitrogen and oxygen atoms in total. The van der Waals surface area contributed by atoms with E-state index in [9.17, 15) is 4.79 Å². The van der Waals surface area contributed by atoms with Crippen LogP contribution in [0.2, 0.25) is 0 Å². The summed E-state index contributed by atoms with van der Waals surface area (Å²) in [4.78, 5) is 13.8. The van der Waals surface area contributed by atoms with E-state index in [1.165, 1.54) is 10.4 Å². The van der Waals surface area contributed by atoms with Crippen LogP contribution in [0, 0.1) is 0 Å². The van der Waals surface area contributed by atoms with Crippen molar-refractivity contribution in [3.63, 3.8) is 0 Å². The quantitative estimate of drug-likeness (QED) is 0.729. The molecule has 2 aromatic rings. The maximum absolute atomic E-state index is 12.4. The van der Waals surface area contributed by atoms with Crippen LogP contribution in [0.15, 0.2) is 38.6 Å². The smallest absolute Gasteiger partial charge is 0.252 e. The Morgan fingerprint density at radius 2 is 2.15 bits per heavy atom. The molecule has 5 heteroatoms. The third-order valence-electron chi connectivity index (χ3n) is 3.53. The summed E-state index contributed by atoms with van der Waals surface area (Å²) in [5.41, 5.74) is 1.97. The molecule has 1 N–H and O–H groups in total. The van der Waals surface area contributed by atoms with Crippen LogP contribution in [0.25, 0.3) is 0 Å². The molecule has 1 aliphatic carbocycles. The van der Waals surface area contributed by atoms with Gasteiger partial charge in [-0.2, -0.15) is 0 Å². The molecule has 20 heavy (non-hydrogen) atoms. The Morgan fingerprint density at radius 1 is 1.30 bits per heavy atom. The highest BCUT2D eigenvalue weighted by Gasteiger charge is 2.23. The van der Waals surface area contributed by atoms with Crippen LogP contribution in [-0.2, 0) is 6.42 Å². The van der Waals surface area contributed by atoms with Gasteiger partial charge in [0, 0.05) is 13.8 Å². The van der Waals surface area contributed by atoms with Crippen molar-refractivity contribution >= 4 is 49.1 Å². The number of carbonyl (C=O) groups is 1. The van der Waals surface area contributed by atoms with Crippen molar-refractivity contribution in [2.45, 2.75) is 25.3 Å². The van der Waals surface area contributed by atoms with Crippen LogP contribution in [0.3, 0.4) is 0 Å². The first-order valence-electron chi connectivity index (χ1n) is 6.47. The Morgan fingerprint density at radius 3 is 2.95 bits per heavy atom. The zero-order valence-corrected chi connectivity index (χ0v) is 14.6. The molecule has 1 aliphatic rings. The van der Waals surface area contributed by atoms with E-state index in [0.29, 0.717) is 5.56 Å². The molecule has 1 heterocycles. The molecule has 104 valence electrons. The number of nitrogens with one attached hydrogen (secondary N) is 1. The summed E-state index contributed by atoms with van der Waals surface area (Å²) in [5, 5.41) is 5.28. The van der Waals surface area contributed by atoms with E-state index in [1.54, 1.807) is 11.3 Å². The van der Waals surface area contributed by atoms with Gasteiger partial charge in [-0.15, -0.1) is 11.3 Å². The highest BCUT2D eigenvalue weighted by Crippen LogP contribution is 2.33. The standard InChI is InChI=1S/C15H13Br2NOS/c16-9-4-5-10(12(17)8-9)15(19)18-13-2-1-3-14-11(13)6-7-20-14/h4-8,13H,1-3H2,(H,18,19). The Balaban J connectivity index is 1.81.